The third kappa shape index (κ3) is 3.42. The number of halogens is 3. The van der Waals surface area contributed by atoms with Crippen LogP contribution in [0.15, 0.2) is 24.3 Å². The Labute approximate surface area is 120 Å². The summed E-state index contributed by atoms with van der Waals surface area (Å²) < 4.78 is 31.9. The SMILES string of the molecule is CC(C)(C)c1nc(Cl)cc(Oc2cc(F)ccc2F)n1. The van der Waals surface area contributed by atoms with Gasteiger partial charge in [-0.25, -0.2) is 13.8 Å². The Balaban J connectivity index is 2.39. The van der Waals surface area contributed by atoms with Gasteiger partial charge in [0.1, 0.15) is 16.8 Å². The van der Waals surface area contributed by atoms with Crippen LogP contribution in [0.25, 0.3) is 0 Å². The van der Waals surface area contributed by atoms with Crippen molar-refractivity contribution in [2.75, 3.05) is 0 Å². The van der Waals surface area contributed by atoms with Crippen LogP contribution in [0.4, 0.5) is 8.78 Å². The normalized spacial score (nSPS) is 11.5. The van der Waals surface area contributed by atoms with E-state index in [1.807, 2.05) is 20.8 Å². The van der Waals surface area contributed by atoms with Gasteiger partial charge < -0.3 is 4.74 Å². The summed E-state index contributed by atoms with van der Waals surface area (Å²) in [5.41, 5.74) is -0.344. The van der Waals surface area contributed by atoms with Gasteiger partial charge in [0.15, 0.2) is 11.6 Å². The maximum atomic E-state index is 13.5. The zero-order valence-electron chi connectivity index (χ0n) is 11.2. The van der Waals surface area contributed by atoms with Crippen LogP contribution in [0.3, 0.4) is 0 Å². The minimum Gasteiger partial charge on any atom is -0.436 e. The lowest BCUT2D eigenvalue weighted by molar-refractivity contribution is 0.413. The molecule has 0 fully saturated rings. The van der Waals surface area contributed by atoms with Gasteiger partial charge >= 0.3 is 0 Å². The summed E-state index contributed by atoms with van der Waals surface area (Å²) in [4.78, 5) is 8.26. The van der Waals surface area contributed by atoms with Crippen molar-refractivity contribution in [2.45, 2.75) is 26.2 Å². The third-order valence-corrected chi connectivity index (χ3v) is 2.64. The van der Waals surface area contributed by atoms with Crippen molar-refractivity contribution < 1.29 is 13.5 Å². The predicted octanol–water partition coefficient (Wildman–Crippen LogP) is 4.50. The monoisotopic (exact) mass is 298 g/mol. The first-order valence-electron chi connectivity index (χ1n) is 5.94. The van der Waals surface area contributed by atoms with E-state index in [0.717, 1.165) is 18.2 Å². The molecule has 1 aromatic carbocycles. The number of hydrogen-bond acceptors (Lipinski definition) is 3. The number of rotatable bonds is 2. The van der Waals surface area contributed by atoms with Crippen molar-refractivity contribution in [1.82, 2.24) is 9.97 Å². The van der Waals surface area contributed by atoms with Gasteiger partial charge in [-0.3, -0.25) is 0 Å². The van der Waals surface area contributed by atoms with Crippen LogP contribution in [0.2, 0.25) is 5.15 Å². The number of aromatic nitrogens is 2. The second-order valence-corrected chi connectivity index (χ2v) is 5.67. The van der Waals surface area contributed by atoms with E-state index in [0.29, 0.717) is 5.82 Å². The van der Waals surface area contributed by atoms with Crippen molar-refractivity contribution in [3.05, 3.63) is 46.9 Å². The molecule has 0 radical (unpaired) electrons. The first-order valence-corrected chi connectivity index (χ1v) is 6.31. The van der Waals surface area contributed by atoms with Crippen LogP contribution in [0, 0.1) is 11.6 Å². The molecule has 0 unspecified atom stereocenters. The van der Waals surface area contributed by atoms with Crippen LogP contribution in [-0.2, 0) is 5.41 Å². The molecule has 0 aliphatic heterocycles. The molecule has 1 heterocycles. The summed E-state index contributed by atoms with van der Waals surface area (Å²) in [6, 6.07) is 4.29. The molecule has 0 saturated heterocycles. The number of ether oxygens (including phenoxy) is 1. The lowest BCUT2D eigenvalue weighted by atomic mass is 9.96. The molecule has 20 heavy (non-hydrogen) atoms. The minimum absolute atomic E-state index is 0.0689. The van der Waals surface area contributed by atoms with Crippen LogP contribution >= 0.6 is 11.6 Å². The maximum Gasteiger partial charge on any atom is 0.224 e. The second kappa shape index (κ2) is 5.32. The fourth-order valence-electron chi connectivity index (χ4n) is 1.45. The van der Waals surface area contributed by atoms with Gasteiger partial charge in [0.05, 0.1) is 0 Å². The zero-order chi connectivity index (χ0) is 14.9. The molecule has 0 aliphatic carbocycles. The Kier molecular flexibility index (Phi) is 3.90. The molecule has 106 valence electrons. The average Bonchev–Trinajstić information content (AvgIpc) is 2.32. The first-order chi connectivity index (χ1) is 9.25. The molecular weight excluding hydrogens is 286 g/mol. The summed E-state index contributed by atoms with van der Waals surface area (Å²) in [5, 5.41) is 0.178. The summed E-state index contributed by atoms with van der Waals surface area (Å²) in [7, 11) is 0. The van der Waals surface area contributed by atoms with E-state index >= 15 is 0 Å². The fraction of sp³-hybridized carbons (Fsp3) is 0.286. The molecule has 3 nitrogen and oxygen atoms in total. The summed E-state index contributed by atoms with van der Waals surface area (Å²) in [6.45, 7) is 5.72. The highest BCUT2D eigenvalue weighted by atomic mass is 35.5. The Bertz CT molecular complexity index is 642. The third-order valence-electron chi connectivity index (χ3n) is 2.45. The van der Waals surface area contributed by atoms with Crippen molar-refractivity contribution in [3.63, 3.8) is 0 Å². The summed E-state index contributed by atoms with van der Waals surface area (Å²) in [5.74, 6) is -1.01. The lowest BCUT2D eigenvalue weighted by Crippen LogP contribution is -2.16. The smallest absolute Gasteiger partial charge is 0.224 e. The van der Waals surface area contributed by atoms with Gasteiger partial charge in [0.25, 0.3) is 0 Å². The first kappa shape index (κ1) is 14.7. The molecule has 2 rings (SSSR count). The molecule has 0 aliphatic rings. The quantitative estimate of drug-likeness (QED) is 0.766. The average molecular weight is 299 g/mol. The standard InChI is InChI=1S/C14H13ClF2N2O/c1-14(2,3)13-18-11(15)7-12(19-13)20-10-6-8(16)4-5-9(10)17/h4-7H,1-3H3. The van der Waals surface area contributed by atoms with E-state index in [-0.39, 0.29) is 22.2 Å². The van der Waals surface area contributed by atoms with E-state index in [2.05, 4.69) is 9.97 Å². The minimum atomic E-state index is -0.682. The molecule has 0 atom stereocenters. The van der Waals surface area contributed by atoms with E-state index in [4.69, 9.17) is 16.3 Å². The summed E-state index contributed by atoms with van der Waals surface area (Å²) in [6.07, 6.45) is 0. The Morgan fingerprint density at radius 1 is 1.10 bits per heavy atom. The van der Waals surface area contributed by atoms with E-state index < -0.39 is 11.6 Å². The van der Waals surface area contributed by atoms with Gasteiger partial charge in [-0.15, -0.1) is 0 Å². The highest BCUT2D eigenvalue weighted by Gasteiger charge is 2.20. The molecule has 0 spiro atoms. The predicted molar refractivity (Wildman–Crippen MR) is 72.2 cm³/mol. The van der Waals surface area contributed by atoms with Gasteiger partial charge in [-0.2, -0.15) is 4.98 Å². The molecule has 1 aromatic heterocycles. The molecule has 0 amide bonds. The second-order valence-electron chi connectivity index (χ2n) is 5.28. The van der Waals surface area contributed by atoms with Crippen LogP contribution < -0.4 is 4.74 Å². The van der Waals surface area contributed by atoms with E-state index in [1.165, 1.54) is 6.07 Å². The molecule has 6 heteroatoms. The van der Waals surface area contributed by atoms with Gasteiger partial charge in [0.2, 0.25) is 5.88 Å². The largest absolute Gasteiger partial charge is 0.436 e. The molecule has 0 bridgehead atoms. The highest BCUT2D eigenvalue weighted by molar-refractivity contribution is 6.29. The molecular formula is C14H13ClF2N2O. The highest BCUT2D eigenvalue weighted by Crippen LogP contribution is 2.28. The Hall–Kier alpha value is -1.75. The van der Waals surface area contributed by atoms with Crippen LogP contribution in [-0.4, -0.2) is 9.97 Å². The summed E-state index contributed by atoms with van der Waals surface area (Å²) >= 11 is 5.89. The topological polar surface area (TPSA) is 35.0 Å². The van der Waals surface area contributed by atoms with Crippen molar-refractivity contribution in [1.29, 1.82) is 0 Å². The Morgan fingerprint density at radius 3 is 2.45 bits per heavy atom. The number of nitrogens with zero attached hydrogens (tertiary/aromatic N) is 2. The van der Waals surface area contributed by atoms with Gasteiger partial charge in [-0.1, -0.05) is 32.4 Å². The molecule has 0 N–H and O–H groups in total. The van der Waals surface area contributed by atoms with Crippen molar-refractivity contribution in [3.8, 4) is 11.6 Å². The molecule has 2 aromatic rings. The number of hydrogen-bond donors (Lipinski definition) is 0. The van der Waals surface area contributed by atoms with Crippen molar-refractivity contribution in [2.24, 2.45) is 0 Å². The van der Waals surface area contributed by atoms with Gasteiger partial charge in [-0.05, 0) is 12.1 Å². The van der Waals surface area contributed by atoms with Crippen LogP contribution in [0.5, 0.6) is 11.6 Å². The zero-order valence-corrected chi connectivity index (χ0v) is 12.0. The van der Waals surface area contributed by atoms with Crippen LogP contribution in [0.1, 0.15) is 26.6 Å². The van der Waals surface area contributed by atoms with E-state index in [9.17, 15) is 8.78 Å². The van der Waals surface area contributed by atoms with Gasteiger partial charge in [0, 0.05) is 17.5 Å². The van der Waals surface area contributed by atoms with E-state index in [1.54, 1.807) is 0 Å². The number of benzene rings is 1. The fourth-order valence-corrected chi connectivity index (χ4v) is 1.63. The molecule has 0 saturated carbocycles. The Morgan fingerprint density at radius 2 is 1.80 bits per heavy atom. The van der Waals surface area contributed by atoms with Crippen molar-refractivity contribution >= 4 is 11.6 Å². The maximum absolute atomic E-state index is 13.5. The lowest BCUT2D eigenvalue weighted by Gasteiger charge is -2.17.